The number of aldehydes is 2. The van der Waals surface area contributed by atoms with E-state index >= 15 is 0 Å². The fourth-order valence-corrected chi connectivity index (χ4v) is 1.95. The molecule has 1 unspecified atom stereocenters. The van der Waals surface area contributed by atoms with Gasteiger partial charge in [0.1, 0.15) is 24.9 Å². The van der Waals surface area contributed by atoms with E-state index in [2.05, 4.69) is 5.32 Å². The minimum absolute atomic E-state index is 0.449. The molecule has 0 spiro atoms. The summed E-state index contributed by atoms with van der Waals surface area (Å²) in [6, 6.07) is 5.49. The van der Waals surface area contributed by atoms with E-state index in [-0.39, 0.29) is 0 Å². The minimum atomic E-state index is -0.708. The third-order valence-corrected chi connectivity index (χ3v) is 3.36. The predicted molar refractivity (Wildman–Crippen MR) is 79.1 cm³/mol. The van der Waals surface area contributed by atoms with Gasteiger partial charge in [-0.3, -0.25) is 0 Å². The van der Waals surface area contributed by atoms with E-state index in [0.29, 0.717) is 13.2 Å². The van der Waals surface area contributed by atoms with Crippen LogP contribution in [0.15, 0.2) is 18.2 Å². The minimum Gasteiger partial charge on any atom is -0.492 e. The second-order valence-electron chi connectivity index (χ2n) is 5.58. The molecule has 1 aromatic carbocycles. The van der Waals surface area contributed by atoms with Crippen LogP contribution in [0.3, 0.4) is 0 Å². The van der Waals surface area contributed by atoms with E-state index in [0.717, 1.165) is 29.4 Å². The van der Waals surface area contributed by atoms with Crippen molar-refractivity contribution in [3.63, 3.8) is 0 Å². The predicted octanol–water partition coefficient (Wildman–Crippen LogP) is 2.06. The number of nitrogens with one attached hydrogen (secondary N) is 1. The zero-order valence-electron chi connectivity index (χ0n) is 12.6. The van der Waals surface area contributed by atoms with Crippen LogP contribution >= 0.6 is 0 Å². The third kappa shape index (κ3) is 4.17. The normalized spacial score (nSPS) is 12.8. The molecule has 4 heteroatoms. The smallest absolute Gasteiger partial charge is 0.137 e. The number of ether oxygens (including phenoxy) is 1. The van der Waals surface area contributed by atoms with Gasteiger partial charge in [0.05, 0.1) is 6.04 Å². The Morgan fingerprint density at radius 3 is 2.35 bits per heavy atom. The van der Waals surface area contributed by atoms with Crippen molar-refractivity contribution in [2.75, 3.05) is 13.2 Å². The molecule has 1 atom stereocenters. The molecule has 0 aromatic heterocycles. The van der Waals surface area contributed by atoms with Crippen LogP contribution < -0.4 is 10.1 Å². The lowest BCUT2D eigenvalue weighted by molar-refractivity contribution is -0.121. The van der Waals surface area contributed by atoms with Crippen molar-refractivity contribution < 1.29 is 14.3 Å². The molecule has 1 rings (SSSR count). The number of carbonyl (C=O) groups is 2. The number of hydrogen-bond acceptors (Lipinski definition) is 4. The SMILES string of the molecule is Cc1cccc(C)c1OCCNC(C=O)C(C)(C)C=O. The van der Waals surface area contributed by atoms with Gasteiger partial charge in [-0.25, -0.2) is 0 Å². The molecule has 0 heterocycles. The van der Waals surface area contributed by atoms with Crippen LogP contribution in [-0.2, 0) is 9.59 Å². The molecule has 4 nitrogen and oxygen atoms in total. The van der Waals surface area contributed by atoms with E-state index in [4.69, 9.17) is 4.74 Å². The number of benzene rings is 1. The lowest BCUT2D eigenvalue weighted by Crippen LogP contribution is -2.45. The van der Waals surface area contributed by atoms with Gasteiger partial charge in [-0.15, -0.1) is 0 Å². The van der Waals surface area contributed by atoms with E-state index < -0.39 is 11.5 Å². The summed E-state index contributed by atoms with van der Waals surface area (Å²) >= 11 is 0. The maximum absolute atomic E-state index is 11.0. The standard InChI is InChI=1S/C16H23NO3/c1-12-6-5-7-13(2)15(12)20-9-8-17-14(10-18)16(3,4)11-19/h5-7,10-11,14,17H,8-9H2,1-4H3. The van der Waals surface area contributed by atoms with Crippen molar-refractivity contribution in [2.24, 2.45) is 5.41 Å². The molecule has 0 bridgehead atoms. The highest BCUT2D eigenvalue weighted by Crippen LogP contribution is 2.22. The summed E-state index contributed by atoms with van der Waals surface area (Å²) < 4.78 is 5.74. The Morgan fingerprint density at radius 2 is 1.85 bits per heavy atom. The molecule has 1 aromatic rings. The highest BCUT2D eigenvalue weighted by atomic mass is 16.5. The second kappa shape index (κ2) is 7.20. The Kier molecular flexibility index (Phi) is 5.89. The zero-order chi connectivity index (χ0) is 15.2. The molecule has 1 N–H and O–H groups in total. The third-order valence-electron chi connectivity index (χ3n) is 3.36. The largest absolute Gasteiger partial charge is 0.492 e. The van der Waals surface area contributed by atoms with Crippen molar-refractivity contribution in [2.45, 2.75) is 33.7 Å². The van der Waals surface area contributed by atoms with Crippen LogP contribution in [0.4, 0.5) is 0 Å². The van der Waals surface area contributed by atoms with E-state index in [1.807, 2.05) is 32.0 Å². The molecule has 0 saturated heterocycles. The molecular formula is C16H23NO3. The Labute approximate surface area is 120 Å². The van der Waals surface area contributed by atoms with Gasteiger partial charge in [-0.2, -0.15) is 0 Å². The van der Waals surface area contributed by atoms with Gasteiger partial charge in [0.15, 0.2) is 0 Å². The Bertz CT molecular complexity index is 449. The van der Waals surface area contributed by atoms with Gasteiger partial charge >= 0.3 is 0 Å². The Morgan fingerprint density at radius 1 is 1.25 bits per heavy atom. The number of hydrogen-bond donors (Lipinski definition) is 1. The van der Waals surface area contributed by atoms with Gasteiger partial charge in [0.2, 0.25) is 0 Å². The molecule has 0 radical (unpaired) electrons. The van der Waals surface area contributed by atoms with Crippen LogP contribution in [0.25, 0.3) is 0 Å². The molecule has 0 aliphatic carbocycles. The highest BCUT2D eigenvalue weighted by molar-refractivity contribution is 5.71. The molecule has 20 heavy (non-hydrogen) atoms. The van der Waals surface area contributed by atoms with Gasteiger partial charge in [-0.05, 0) is 25.0 Å². The molecule has 0 aliphatic rings. The average molecular weight is 277 g/mol. The first kappa shape index (κ1) is 16.4. The maximum Gasteiger partial charge on any atom is 0.137 e. The molecule has 0 aliphatic heterocycles. The van der Waals surface area contributed by atoms with Crippen molar-refractivity contribution in [1.29, 1.82) is 0 Å². The second-order valence-corrected chi connectivity index (χ2v) is 5.58. The average Bonchev–Trinajstić information content (AvgIpc) is 2.41. The van der Waals surface area contributed by atoms with Crippen molar-refractivity contribution in [3.8, 4) is 5.75 Å². The summed E-state index contributed by atoms with van der Waals surface area (Å²) in [5.41, 5.74) is 1.47. The van der Waals surface area contributed by atoms with Crippen LogP contribution in [0.1, 0.15) is 25.0 Å². The van der Waals surface area contributed by atoms with Crippen molar-refractivity contribution in [1.82, 2.24) is 5.32 Å². The number of para-hydroxylation sites is 1. The molecule has 110 valence electrons. The van der Waals surface area contributed by atoms with Crippen LogP contribution in [-0.4, -0.2) is 31.8 Å². The number of aryl methyl sites for hydroxylation is 2. The van der Waals surface area contributed by atoms with E-state index in [1.165, 1.54) is 0 Å². The summed E-state index contributed by atoms with van der Waals surface area (Å²) in [6.07, 6.45) is 1.57. The van der Waals surface area contributed by atoms with Gasteiger partial charge < -0.3 is 19.6 Å². The Balaban J connectivity index is 2.49. The monoisotopic (exact) mass is 277 g/mol. The molecular weight excluding hydrogens is 254 g/mol. The summed E-state index contributed by atoms with van der Waals surface area (Å²) in [6.45, 7) is 8.43. The van der Waals surface area contributed by atoms with Gasteiger partial charge in [0, 0.05) is 12.0 Å². The fraction of sp³-hybridized carbons (Fsp3) is 0.500. The van der Waals surface area contributed by atoms with E-state index in [9.17, 15) is 9.59 Å². The van der Waals surface area contributed by atoms with Crippen LogP contribution in [0.5, 0.6) is 5.75 Å². The lowest BCUT2D eigenvalue weighted by atomic mass is 9.87. The zero-order valence-corrected chi connectivity index (χ0v) is 12.6. The first-order valence-electron chi connectivity index (χ1n) is 6.76. The number of carbonyl (C=O) groups excluding carboxylic acids is 2. The fourth-order valence-electron chi connectivity index (χ4n) is 1.95. The first-order chi connectivity index (χ1) is 9.42. The summed E-state index contributed by atoms with van der Waals surface area (Å²) in [7, 11) is 0. The summed E-state index contributed by atoms with van der Waals surface area (Å²) in [4.78, 5) is 22.0. The van der Waals surface area contributed by atoms with Crippen molar-refractivity contribution in [3.05, 3.63) is 29.3 Å². The van der Waals surface area contributed by atoms with Crippen molar-refractivity contribution >= 4 is 12.6 Å². The highest BCUT2D eigenvalue weighted by Gasteiger charge is 2.28. The lowest BCUT2D eigenvalue weighted by Gasteiger charge is -2.25. The quantitative estimate of drug-likeness (QED) is 0.584. The summed E-state index contributed by atoms with van der Waals surface area (Å²) in [5, 5.41) is 3.05. The number of rotatable bonds is 8. The van der Waals surface area contributed by atoms with Crippen LogP contribution in [0.2, 0.25) is 0 Å². The summed E-state index contributed by atoms with van der Waals surface area (Å²) in [5.74, 6) is 0.881. The van der Waals surface area contributed by atoms with Crippen LogP contribution in [0, 0.1) is 19.3 Å². The molecule has 0 fully saturated rings. The van der Waals surface area contributed by atoms with Gasteiger partial charge in [0.25, 0.3) is 0 Å². The topological polar surface area (TPSA) is 55.4 Å². The Hall–Kier alpha value is -1.68. The maximum atomic E-state index is 11.0. The first-order valence-corrected chi connectivity index (χ1v) is 6.76. The van der Waals surface area contributed by atoms with Gasteiger partial charge in [-0.1, -0.05) is 32.0 Å². The molecule has 0 amide bonds. The van der Waals surface area contributed by atoms with E-state index in [1.54, 1.807) is 13.8 Å². The molecule has 0 saturated carbocycles.